The highest BCUT2D eigenvalue weighted by molar-refractivity contribution is 5.94. The third-order valence-electron chi connectivity index (χ3n) is 3.33. The number of hydrogen-bond acceptors (Lipinski definition) is 4. The van der Waals surface area contributed by atoms with Crippen LogP contribution in [0, 0.1) is 13.8 Å². The summed E-state index contributed by atoms with van der Waals surface area (Å²) in [7, 11) is 0. The van der Waals surface area contributed by atoms with Crippen LogP contribution in [-0.4, -0.2) is 27.5 Å². The summed E-state index contributed by atoms with van der Waals surface area (Å²) in [4.78, 5) is 20.3. The Balaban J connectivity index is 2.07. The normalized spacial score (nSPS) is 13.5. The lowest BCUT2D eigenvalue weighted by molar-refractivity contribution is 0.0526. The van der Waals surface area contributed by atoms with Crippen molar-refractivity contribution >= 4 is 5.91 Å². The van der Waals surface area contributed by atoms with E-state index in [4.69, 9.17) is 0 Å². The third-order valence-corrected chi connectivity index (χ3v) is 3.33. The van der Waals surface area contributed by atoms with Crippen molar-refractivity contribution < 1.29 is 9.90 Å². The van der Waals surface area contributed by atoms with Gasteiger partial charge < -0.3 is 10.4 Å². The van der Waals surface area contributed by atoms with Crippen LogP contribution in [0.5, 0.6) is 0 Å². The van der Waals surface area contributed by atoms with E-state index in [1.165, 1.54) is 6.20 Å². The van der Waals surface area contributed by atoms with Crippen LogP contribution in [0.25, 0.3) is 0 Å². The maximum Gasteiger partial charge on any atom is 0.254 e. The number of aryl methyl sites for hydroxylation is 2. The van der Waals surface area contributed by atoms with Crippen molar-refractivity contribution in [2.24, 2.45) is 0 Å². The van der Waals surface area contributed by atoms with E-state index in [-0.39, 0.29) is 12.5 Å². The van der Waals surface area contributed by atoms with Crippen molar-refractivity contribution in [2.75, 3.05) is 6.54 Å². The Morgan fingerprint density at radius 2 is 1.95 bits per heavy atom. The molecule has 2 N–H and O–H groups in total. The van der Waals surface area contributed by atoms with E-state index in [9.17, 15) is 9.90 Å². The minimum atomic E-state index is -1.13. The maximum atomic E-state index is 12.2. The second-order valence-corrected chi connectivity index (χ2v) is 5.24. The number of aromatic nitrogens is 2. The minimum Gasteiger partial charge on any atom is -0.384 e. The molecule has 0 saturated carbocycles. The van der Waals surface area contributed by atoms with Crippen LogP contribution in [0.15, 0.2) is 36.5 Å². The van der Waals surface area contributed by atoms with Gasteiger partial charge >= 0.3 is 0 Å². The van der Waals surface area contributed by atoms with E-state index in [0.717, 1.165) is 5.56 Å². The van der Waals surface area contributed by atoms with Crippen LogP contribution in [0.2, 0.25) is 0 Å². The Kier molecular flexibility index (Phi) is 4.33. The molecular weight excluding hydrogens is 266 g/mol. The Morgan fingerprint density at radius 1 is 1.29 bits per heavy atom. The molecule has 0 saturated heterocycles. The van der Waals surface area contributed by atoms with Gasteiger partial charge in [0.15, 0.2) is 0 Å². The van der Waals surface area contributed by atoms with Gasteiger partial charge in [0.25, 0.3) is 5.91 Å². The number of rotatable bonds is 4. The van der Waals surface area contributed by atoms with Crippen molar-refractivity contribution in [1.82, 2.24) is 15.3 Å². The lowest BCUT2D eigenvalue weighted by Gasteiger charge is -2.24. The Morgan fingerprint density at radius 3 is 2.57 bits per heavy atom. The van der Waals surface area contributed by atoms with E-state index >= 15 is 0 Å². The second-order valence-electron chi connectivity index (χ2n) is 5.24. The zero-order valence-corrected chi connectivity index (χ0v) is 12.4. The Labute approximate surface area is 124 Å². The summed E-state index contributed by atoms with van der Waals surface area (Å²) in [5.41, 5.74) is 0.669. The summed E-state index contributed by atoms with van der Waals surface area (Å²) in [6, 6.07) is 9.23. The topological polar surface area (TPSA) is 75.1 Å². The molecule has 5 heteroatoms. The smallest absolute Gasteiger partial charge is 0.254 e. The number of nitrogens with one attached hydrogen (secondary N) is 1. The molecule has 1 unspecified atom stereocenters. The predicted octanol–water partition coefficient (Wildman–Crippen LogP) is 1.73. The second kappa shape index (κ2) is 6.01. The Bertz CT molecular complexity index is 639. The molecule has 1 atom stereocenters. The highest BCUT2D eigenvalue weighted by Crippen LogP contribution is 2.19. The fourth-order valence-electron chi connectivity index (χ4n) is 2.05. The van der Waals surface area contributed by atoms with Gasteiger partial charge in [0.2, 0.25) is 0 Å². The average Bonchev–Trinajstić information content (AvgIpc) is 2.46. The van der Waals surface area contributed by atoms with Crippen molar-refractivity contribution in [3.63, 3.8) is 0 Å². The average molecular weight is 285 g/mol. The molecule has 1 amide bonds. The highest BCUT2D eigenvalue weighted by Gasteiger charge is 2.24. The van der Waals surface area contributed by atoms with Gasteiger partial charge in [-0.3, -0.25) is 4.79 Å². The lowest BCUT2D eigenvalue weighted by Crippen LogP contribution is -2.38. The molecule has 0 spiro atoms. The van der Waals surface area contributed by atoms with E-state index in [0.29, 0.717) is 17.1 Å². The van der Waals surface area contributed by atoms with Crippen molar-refractivity contribution in [3.05, 3.63) is 59.2 Å². The number of amides is 1. The summed E-state index contributed by atoms with van der Waals surface area (Å²) < 4.78 is 0. The van der Waals surface area contributed by atoms with Crippen LogP contribution in [0.1, 0.15) is 34.4 Å². The molecular formula is C16H19N3O2. The molecule has 0 aliphatic heterocycles. The van der Waals surface area contributed by atoms with Gasteiger partial charge in [-0.15, -0.1) is 0 Å². The van der Waals surface area contributed by atoms with Gasteiger partial charge in [0.1, 0.15) is 11.4 Å². The summed E-state index contributed by atoms with van der Waals surface area (Å²) in [6.07, 6.45) is 1.50. The quantitative estimate of drug-likeness (QED) is 0.897. The molecule has 2 rings (SSSR count). The van der Waals surface area contributed by atoms with Crippen molar-refractivity contribution in [2.45, 2.75) is 26.4 Å². The number of aliphatic hydroxyl groups is 1. The Hall–Kier alpha value is -2.27. The molecule has 110 valence electrons. The molecule has 2 aromatic rings. The van der Waals surface area contributed by atoms with Gasteiger partial charge in [-0.25, -0.2) is 9.97 Å². The molecule has 0 aliphatic carbocycles. The monoisotopic (exact) mass is 285 g/mol. The first-order valence-corrected chi connectivity index (χ1v) is 6.76. The van der Waals surface area contributed by atoms with Crippen molar-refractivity contribution in [3.8, 4) is 0 Å². The zero-order valence-electron chi connectivity index (χ0n) is 12.4. The number of nitrogens with zero attached hydrogens (tertiary/aromatic N) is 2. The van der Waals surface area contributed by atoms with Gasteiger partial charge in [-0.05, 0) is 26.3 Å². The highest BCUT2D eigenvalue weighted by atomic mass is 16.3. The molecule has 21 heavy (non-hydrogen) atoms. The molecule has 0 radical (unpaired) electrons. The lowest BCUT2D eigenvalue weighted by atomic mass is 9.96. The number of benzene rings is 1. The van der Waals surface area contributed by atoms with E-state index < -0.39 is 5.60 Å². The molecule has 1 heterocycles. The van der Waals surface area contributed by atoms with Crippen LogP contribution in [0.3, 0.4) is 0 Å². The van der Waals surface area contributed by atoms with Crippen LogP contribution >= 0.6 is 0 Å². The van der Waals surface area contributed by atoms with E-state index in [2.05, 4.69) is 15.3 Å². The number of carbonyl (C=O) groups is 1. The van der Waals surface area contributed by atoms with Gasteiger partial charge in [0, 0.05) is 6.20 Å². The van der Waals surface area contributed by atoms with Crippen LogP contribution in [-0.2, 0) is 5.60 Å². The first kappa shape index (κ1) is 15.1. The first-order valence-electron chi connectivity index (χ1n) is 6.76. The summed E-state index contributed by atoms with van der Waals surface area (Å²) in [5, 5.41) is 13.2. The summed E-state index contributed by atoms with van der Waals surface area (Å²) in [5.74, 6) is 0.337. The van der Waals surface area contributed by atoms with E-state index in [1.54, 1.807) is 20.8 Å². The number of carbonyl (C=O) groups excluding carboxylic acids is 1. The minimum absolute atomic E-state index is 0.114. The molecule has 1 aromatic carbocycles. The van der Waals surface area contributed by atoms with E-state index in [1.807, 2.05) is 30.3 Å². The molecule has 1 aromatic heterocycles. The fourth-order valence-corrected chi connectivity index (χ4v) is 2.05. The molecule has 0 fully saturated rings. The first-order chi connectivity index (χ1) is 9.90. The molecule has 0 aliphatic rings. The summed E-state index contributed by atoms with van der Waals surface area (Å²) in [6.45, 7) is 5.32. The zero-order chi connectivity index (χ0) is 15.5. The predicted molar refractivity (Wildman–Crippen MR) is 79.9 cm³/mol. The molecule has 0 bridgehead atoms. The number of hydrogen-bond donors (Lipinski definition) is 2. The fraction of sp³-hybridized carbons (Fsp3) is 0.312. The van der Waals surface area contributed by atoms with Crippen LogP contribution in [0.4, 0.5) is 0 Å². The van der Waals surface area contributed by atoms with Crippen molar-refractivity contribution in [1.29, 1.82) is 0 Å². The standard InChI is InChI=1S/C16H19N3O2/c1-11-14(9-17-12(2)19-11)15(20)18-10-16(3,21)13-7-5-4-6-8-13/h4-9,21H,10H2,1-3H3,(H,18,20). The third kappa shape index (κ3) is 3.64. The summed E-state index contributed by atoms with van der Waals surface area (Å²) >= 11 is 0. The maximum absolute atomic E-state index is 12.2. The van der Waals surface area contributed by atoms with Gasteiger partial charge in [0.05, 0.1) is 17.8 Å². The van der Waals surface area contributed by atoms with Crippen LogP contribution < -0.4 is 5.32 Å². The van der Waals surface area contributed by atoms with Gasteiger partial charge in [-0.2, -0.15) is 0 Å². The largest absolute Gasteiger partial charge is 0.384 e. The molecule has 5 nitrogen and oxygen atoms in total. The SMILES string of the molecule is Cc1ncc(C(=O)NCC(C)(O)c2ccccc2)c(C)n1. The van der Waals surface area contributed by atoms with Gasteiger partial charge in [-0.1, -0.05) is 30.3 Å².